The van der Waals surface area contributed by atoms with Crippen molar-refractivity contribution < 1.29 is 9.47 Å². The van der Waals surface area contributed by atoms with E-state index in [1.165, 1.54) is 5.56 Å². The topological polar surface area (TPSA) is 58.1 Å². The van der Waals surface area contributed by atoms with Crippen LogP contribution < -0.4 is 20.1 Å². The summed E-state index contributed by atoms with van der Waals surface area (Å²) in [5.41, 5.74) is 2.33. The molecule has 1 heterocycles. The first-order valence-electron chi connectivity index (χ1n) is 10.2. The van der Waals surface area contributed by atoms with E-state index < -0.39 is 0 Å². The lowest BCUT2D eigenvalue weighted by Gasteiger charge is -2.19. The summed E-state index contributed by atoms with van der Waals surface area (Å²) in [6.45, 7) is 12.2. The number of benzene rings is 1. The van der Waals surface area contributed by atoms with E-state index in [0.717, 1.165) is 49.2 Å². The second kappa shape index (κ2) is 13.1. The van der Waals surface area contributed by atoms with Crippen LogP contribution in [0.25, 0.3) is 0 Å². The van der Waals surface area contributed by atoms with Crippen LogP contribution in [0.2, 0.25) is 0 Å². The fourth-order valence-electron chi connectivity index (χ4n) is 2.85. The van der Waals surface area contributed by atoms with Crippen molar-refractivity contribution >= 4 is 17.3 Å². The molecule has 0 saturated heterocycles. The van der Waals surface area contributed by atoms with Crippen LogP contribution in [0.4, 0.5) is 0 Å². The molecule has 29 heavy (non-hydrogen) atoms. The first-order valence-corrected chi connectivity index (χ1v) is 11.2. The maximum atomic E-state index is 5.94. The molecule has 0 aliphatic carbocycles. The van der Waals surface area contributed by atoms with Gasteiger partial charge in [0.15, 0.2) is 17.5 Å². The SMILES string of the molecule is CCNC(=NCc1ccsc1)NCc1ccc(OCCN(CC)CC)c(OC)c1. The van der Waals surface area contributed by atoms with Gasteiger partial charge in [-0.1, -0.05) is 19.9 Å². The summed E-state index contributed by atoms with van der Waals surface area (Å²) >= 11 is 1.69. The largest absolute Gasteiger partial charge is 0.493 e. The molecule has 2 aromatic rings. The van der Waals surface area contributed by atoms with E-state index in [9.17, 15) is 0 Å². The number of thiophene rings is 1. The Bertz CT molecular complexity index is 730. The minimum absolute atomic E-state index is 0.648. The van der Waals surface area contributed by atoms with Gasteiger partial charge in [0.1, 0.15) is 6.61 Å². The monoisotopic (exact) mass is 418 g/mol. The van der Waals surface area contributed by atoms with Gasteiger partial charge in [0.2, 0.25) is 0 Å². The van der Waals surface area contributed by atoms with Gasteiger partial charge in [-0.15, -0.1) is 0 Å². The zero-order valence-corrected chi connectivity index (χ0v) is 18.8. The fourth-order valence-corrected chi connectivity index (χ4v) is 3.51. The van der Waals surface area contributed by atoms with Gasteiger partial charge in [-0.05, 0) is 60.1 Å². The predicted octanol–water partition coefficient (Wildman–Crippen LogP) is 3.73. The van der Waals surface area contributed by atoms with Gasteiger partial charge in [-0.3, -0.25) is 0 Å². The molecule has 0 spiro atoms. The van der Waals surface area contributed by atoms with Crippen molar-refractivity contribution in [3.8, 4) is 11.5 Å². The highest BCUT2D eigenvalue weighted by molar-refractivity contribution is 7.07. The molecule has 0 radical (unpaired) electrons. The summed E-state index contributed by atoms with van der Waals surface area (Å²) in [6.07, 6.45) is 0. The molecular weight excluding hydrogens is 384 g/mol. The van der Waals surface area contributed by atoms with E-state index in [1.807, 2.05) is 12.1 Å². The quantitative estimate of drug-likeness (QED) is 0.406. The highest BCUT2D eigenvalue weighted by Gasteiger charge is 2.08. The average Bonchev–Trinajstić information content (AvgIpc) is 3.27. The van der Waals surface area contributed by atoms with E-state index in [2.05, 4.69) is 64.2 Å². The Hall–Kier alpha value is -2.25. The molecular formula is C22H34N4O2S. The number of likely N-dealkylation sites (N-methyl/N-ethyl adjacent to an activating group) is 1. The number of nitrogens with zero attached hydrogens (tertiary/aromatic N) is 2. The summed E-state index contributed by atoms with van der Waals surface area (Å²) in [7, 11) is 1.68. The van der Waals surface area contributed by atoms with Gasteiger partial charge in [0, 0.05) is 19.6 Å². The maximum absolute atomic E-state index is 5.94. The van der Waals surface area contributed by atoms with Crippen LogP contribution >= 0.6 is 11.3 Å². The Labute approximate surface area is 178 Å². The second-order valence-electron chi connectivity index (χ2n) is 6.54. The van der Waals surface area contributed by atoms with Crippen LogP contribution in [-0.2, 0) is 13.1 Å². The van der Waals surface area contributed by atoms with Crippen molar-refractivity contribution in [3.05, 3.63) is 46.2 Å². The normalized spacial score (nSPS) is 11.6. The lowest BCUT2D eigenvalue weighted by atomic mass is 10.2. The van der Waals surface area contributed by atoms with E-state index in [-0.39, 0.29) is 0 Å². The zero-order valence-electron chi connectivity index (χ0n) is 18.0. The summed E-state index contributed by atoms with van der Waals surface area (Å²) in [5.74, 6) is 2.34. The van der Waals surface area contributed by atoms with Crippen LogP contribution in [0.3, 0.4) is 0 Å². The number of nitrogens with one attached hydrogen (secondary N) is 2. The molecule has 0 bridgehead atoms. The van der Waals surface area contributed by atoms with Gasteiger partial charge in [-0.2, -0.15) is 11.3 Å². The Morgan fingerprint density at radius 3 is 2.55 bits per heavy atom. The van der Waals surface area contributed by atoms with E-state index in [0.29, 0.717) is 19.7 Å². The molecule has 2 N–H and O–H groups in total. The minimum atomic E-state index is 0.648. The van der Waals surface area contributed by atoms with Crippen molar-refractivity contribution in [2.24, 2.45) is 4.99 Å². The van der Waals surface area contributed by atoms with Crippen molar-refractivity contribution in [2.45, 2.75) is 33.9 Å². The molecule has 0 saturated carbocycles. The van der Waals surface area contributed by atoms with Gasteiger partial charge >= 0.3 is 0 Å². The molecule has 0 amide bonds. The zero-order chi connectivity index (χ0) is 20.9. The lowest BCUT2D eigenvalue weighted by molar-refractivity contribution is 0.217. The van der Waals surface area contributed by atoms with Crippen molar-refractivity contribution in [3.63, 3.8) is 0 Å². The van der Waals surface area contributed by atoms with Crippen LogP contribution in [0.5, 0.6) is 11.5 Å². The number of ether oxygens (including phenoxy) is 2. The van der Waals surface area contributed by atoms with Crippen LogP contribution in [-0.4, -0.2) is 50.8 Å². The van der Waals surface area contributed by atoms with Crippen LogP contribution in [0.15, 0.2) is 40.0 Å². The molecule has 0 unspecified atom stereocenters. The van der Waals surface area contributed by atoms with Gasteiger partial charge in [0.05, 0.1) is 13.7 Å². The van der Waals surface area contributed by atoms with Gasteiger partial charge in [0.25, 0.3) is 0 Å². The predicted molar refractivity (Wildman–Crippen MR) is 122 cm³/mol. The molecule has 0 aliphatic rings. The Morgan fingerprint density at radius 1 is 1.07 bits per heavy atom. The summed E-state index contributed by atoms with van der Waals surface area (Å²) in [6, 6.07) is 8.15. The molecule has 0 atom stereocenters. The molecule has 0 fully saturated rings. The first kappa shape index (κ1) is 23.0. The fraction of sp³-hybridized carbons (Fsp3) is 0.500. The second-order valence-corrected chi connectivity index (χ2v) is 7.32. The number of guanidine groups is 1. The number of aliphatic imine (C=N–C) groups is 1. The van der Waals surface area contributed by atoms with E-state index in [4.69, 9.17) is 9.47 Å². The third-order valence-corrected chi connectivity index (χ3v) is 5.32. The number of rotatable bonds is 12. The Morgan fingerprint density at radius 2 is 1.90 bits per heavy atom. The van der Waals surface area contributed by atoms with Crippen LogP contribution in [0.1, 0.15) is 31.9 Å². The third kappa shape index (κ3) is 7.95. The third-order valence-electron chi connectivity index (χ3n) is 4.59. The lowest BCUT2D eigenvalue weighted by Crippen LogP contribution is -2.36. The maximum Gasteiger partial charge on any atom is 0.191 e. The van der Waals surface area contributed by atoms with E-state index in [1.54, 1.807) is 18.4 Å². The van der Waals surface area contributed by atoms with Gasteiger partial charge < -0.3 is 25.0 Å². The highest BCUT2D eigenvalue weighted by atomic mass is 32.1. The molecule has 6 nitrogen and oxygen atoms in total. The Balaban J connectivity index is 1.92. The van der Waals surface area contributed by atoms with Gasteiger partial charge in [-0.25, -0.2) is 4.99 Å². The highest BCUT2D eigenvalue weighted by Crippen LogP contribution is 2.28. The molecule has 1 aromatic carbocycles. The molecule has 0 aliphatic heterocycles. The summed E-state index contributed by atoms with van der Waals surface area (Å²) in [5, 5.41) is 10.9. The number of methoxy groups -OCH3 is 1. The standard InChI is InChI=1S/C22H34N4O2S/c1-5-23-22(25-16-19-10-13-29-17-19)24-15-18-8-9-20(21(14-18)27-4)28-12-11-26(6-2)7-3/h8-10,13-14,17H,5-7,11-12,15-16H2,1-4H3,(H2,23,24,25). The average molecular weight is 419 g/mol. The number of hydrogen-bond acceptors (Lipinski definition) is 5. The molecule has 7 heteroatoms. The summed E-state index contributed by atoms with van der Waals surface area (Å²) in [4.78, 5) is 6.98. The van der Waals surface area contributed by atoms with Crippen LogP contribution in [0, 0.1) is 0 Å². The first-order chi connectivity index (χ1) is 14.2. The van der Waals surface area contributed by atoms with E-state index >= 15 is 0 Å². The van der Waals surface area contributed by atoms with Crippen molar-refractivity contribution in [1.82, 2.24) is 15.5 Å². The van der Waals surface area contributed by atoms with Crippen molar-refractivity contribution in [2.75, 3.05) is 39.9 Å². The van der Waals surface area contributed by atoms with Crippen molar-refractivity contribution in [1.29, 1.82) is 0 Å². The minimum Gasteiger partial charge on any atom is -0.493 e. The Kier molecular flexibility index (Phi) is 10.4. The summed E-state index contributed by atoms with van der Waals surface area (Å²) < 4.78 is 11.5. The molecule has 2 rings (SSSR count). The molecule has 160 valence electrons. The molecule has 1 aromatic heterocycles. The number of hydrogen-bond donors (Lipinski definition) is 2. The smallest absolute Gasteiger partial charge is 0.191 e.